The van der Waals surface area contributed by atoms with Gasteiger partial charge in [0, 0.05) is 23.5 Å². The van der Waals surface area contributed by atoms with Crippen molar-refractivity contribution < 1.29 is 17.9 Å². The molecule has 0 aliphatic carbocycles. The van der Waals surface area contributed by atoms with Gasteiger partial charge in [0.15, 0.2) is 0 Å². The minimum absolute atomic E-state index is 0.156. The molecule has 2 aliphatic rings. The lowest BCUT2D eigenvalue weighted by Crippen LogP contribution is -2.40. The van der Waals surface area contributed by atoms with Gasteiger partial charge in [0.2, 0.25) is 0 Å². The van der Waals surface area contributed by atoms with E-state index < -0.39 is 10.0 Å². The van der Waals surface area contributed by atoms with E-state index >= 15 is 0 Å². The summed E-state index contributed by atoms with van der Waals surface area (Å²) in [7, 11) is -3.49. The number of nitrogens with one attached hydrogen (secondary N) is 1. The highest BCUT2D eigenvalue weighted by Gasteiger charge is 2.27. The Morgan fingerprint density at radius 2 is 1.77 bits per heavy atom. The predicted octanol–water partition coefficient (Wildman–Crippen LogP) is 3.57. The van der Waals surface area contributed by atoms with E-state index in [-0.39, 0.29) is 5.91 Å². The number of amides is 1. The lowest BCUT2D eigenvalue weighted by atomic mass is 10.1. The fourth-order valence-electron chi connectivity index (χ4n) is 3.25. The molecule has 6 nitrogen and oxygen atoms in total. The van der Waals surface area contributed by atoms with E-state index in [1.807, 2.05) is 47.8 Å². The highest BCUT2D eigenvalue weighted by atomic mass is 32.2. The summed E-state index contributed by atoms with van der Waals surface area (Å²) in [6, 6.07) is 11.2. The lowest BCUT2D eigenvalue weighted by molar-refractivity contribution is 0.0731. The number of carbonyl (C=O) groups is 1. The van der Waals surface area contributed by atoms with Crippen molar-refractivity contribution in [3.05, 3.63) is 52.4 Å². The van der Waals surface area contributed by atoms with Crippen LogP contribution in [0, 0.1) is 0 Å². The predicted molar refractivity (Wildman–Crippen MR) is 124 cm³/mol. The molecular weight excluding hydrogens is 460 g/mol. The van der Waals surface area contributed by atoms with Crippen molar-refractivity contribution in [1.82, 2.24) is 9.62 Å². The first kappa shape index (κ1) is 22.2. The van der Waals surface area contributed by atoms with Gasteiger partial charge in [-0.05, 0) is 47.8 Å². The van der Waals surface area contributed by atoms with Gasteiger partial charge in [-0.15, -0.1) is 34.9 Å². The van der Waals surface area contributed by atoms with Gasteiger partial charge in [0.1, 0.15) is 4.21 Å². The van der Waals surface area contributed by atoms with Crippen LogP contribution in [-0.4, -0.2) is 56.4 Å². The molecule has 2 aliphatic heterocycles. The average molecular weight is 485 g/mol. The maximum Gasteiger partial charge on any atom is 0.252 e. The molecule has 30 heavy (non-hydrogen) atoms. The molecule has 1 amide bonds. The maximum atomic E-state index is 12.7. The largest absolute Gasteiger partial charge is 0.379 e. The van der Waals surface area contributed by atoms with Crippen LogP contribution in [-0.2, 0) is 21.3 Å². The molecule has 10 heteroatoms. The third-order valence-electron chi connectivity index (χ3n) is 4.90. The number of hydrogen-bond acceptors (Lipinski definition) is 7. The molecule has 162 valence electrons. The fraction of sp³-hybridized carbons (Fsp3) is 0.450. The Kier molecular flexibility index (Phi) is 7.43. The number of thiophene rings is 1. The van der Waals surface area contributed by atoms with Crippen molar-refractivity contribution >= 4 is 50.8 Å². The monoisotopic (exact) mass is 484 g/mol. The minimum Gasteiger partial charge on any atom is -0.379 e. The second-order valence-electron chi connectivity index (χ2n) is 6.97. The van der Waals surface area contributed by atoms with Crippen molar-refractivity contribution in [1.29, 1.82) is 0 Å². The van der Waals surface area contributed by atoms with Gasteiger partial charge in [0.25, 0.3) is 15.9 Å². The number of carbonyl (C=O) groups excluding carboxylic acids is 1. The first-order valence-corrected chi connectivity index (χ1v) is 14.2. The molecule has 3 heterocycles. The zero-order valence-electron chi connectivity index (χ0n) is 16.4. The van der Waals surface area contributed by atoms with Gasteiger partial charge in [-0.2, -0.15) is 4.31 Å². The van der Waals surface area contributed by atoms with Gasteiger partial charge in [-0.3, -0.25) is 4.79 Å². The van der Waals surface area contributed by atoms with Crippen molar-refractivity contribution in [2.24, 2.45) is 0 Å². The highest BCUT2D eigenvalue weighted by molar-refractivity contribution is 8.16. The van der Waals surface area contributed by atoms with Crippen LogP contribution in [0.4, 0.5) is 0 Å². The molecule has 0 saturated carbocycles. The molecule has 0 radical (unpaired) electrons. The van der Waals surface area contributed by atoms with Crippen molar-refractivity contribution in [2.75, 3.05) is 37.8 Å². The molecule has 4 rings (SSSR count). The van der Waals surface area contributed by atoms with Crippen LogP contribution < -0.4 is 5.32 Å². The number of hydrogen-bond donors (Lipinski definition) is 1. The molecular formula is C20H24N2O4S4. The van der Waals surface area contributed by atoms with Gasteiger partial charge >= 0.3 is 0 Å². The summed E-state index contributed by atoms with van der Waals surface area (Å²) in [5.41, 5.74) is 1.86. The van der Waals surface area contributed by atoms with E-state index in [0.717, 1.165) is 4.88 Å². The van der Waals surface area contributed by atoms with Crippen molar-refractivity contribution in [3.8, 4) is 0 Å². The second-order valence-corrected chi connectivity index (χ2v) is 13.0. The zero-order chi connectivity index (χ0) is 21.0. The molecule has 1 aromatic heterocycles. The molecule has 2 fully saturated rings. The Labute approximate surface area is 189 Å². The molecule has 2 saturated heterocycles. The van der Waals surface area contributed by atoms with Gasteiger partial charge in [0.05, 0.1) is 24.3 Å². The van der Waals surface area contributed by atoms with Gasteiger partial charge in [-0.25, -0.2) is 8.42 Å². The summed E-state index contributed by atoms with van der Waals surface area (Å²) in [5, 5.41) is 2.89. The van der Waals surface area contributed by atoms with Crippen LogP contribution in [0.3, 0.4) is 0 Å². The normalized spacial score (nSPS) is 18.9. The standard InChI is InChI=1S/C20H24N2O4S4/c23-19(15-2-4-16(5-3-15)20-27-12-1-13-28-20)21-14-17-6-7-18(29-17)30(24,25)22-8-10-26-11-9-22/h2-7,20H,1,8-14H2,(H,21,23). The fourth-order valence-corrected chi connectivity index (χ4v) is 9.00. The Bertz CT molecular complexity index is 963. The summed E-state index contributed by atoms with van der Waals surface area (Å²) in [6.45, 7) is 1.90. The Hall–Kier alpha value is -1.04. The second kappa shape index (κ2) is 10.1. The molecule has 0 atom stereocenters. The van der Waals surface area contributed by atoms with Crippen LogP contribution in [0.1, 0.15) is 31.8 Å². The van der Waals surface area contributed by atoms with Gasteiger partial charge < -0.3 is 10.1 Å². The Morgan fingerprint density at radius 3 is 2.47 bits per heavy atom. The van der Waals surface area contributed by atoms with Crippen LogP contribution in [0.25, 0.3) is 0 Å². The third kappa shape index (κ3) is 5.23. The lowest BCUT2D eigenvalue weighted by Gasteiger charge is -2.25. The first-order valence-electron chi connectivity index (χ1n) is 9.82. The number of morpholine rings is 1. The quantitative estimate of drug-likeness (QED) is 0.676. The zero-order valence-corrected chi connectivity index (χ0v) is 19.7. The van der Waals surface area contributed by atoms with Crippen LogP contribution in [0.5, 0.6) is 0 Å². The summed E-state index contributed by atoms with van der Waals surface area (Å²) >= 11 is 5.11. The van der Waals surface area contributed by atoms with Crippen LogP contribution >= 0.6 is 34.9 Å². The average Bonchev–Trinajstić information content (AvgIpc) is 3.29. The number of sulfonamides is 1. The van der Waals surface area contributed by atoms with E-state index in [2.05, 4.69) is 5.32 Å². The van der Waals surface area contributed by atoms with Crippen LogP contribution in [0.15, 0.2) is 40.6 Å². The Balaban J connectivity index is 1.34. The highest BCUT2D eigenvalue weighted by Crippen LogP contribution is 2.43. The number of rotatable bonds is 6. The van der Waals surface area contributed by atoms with Gasteiger partial charge in [-0.1, -0.05) is 12.1 Å². The number of benzene rings is 1. The van der Waals surface area contributed by atoms with E-state index in [4.69, 9.17) is 4.74 Å². The SMILES string of the molecule is O=C(NCc1ccc(S(=O)(=O)N2CCOCC2)s1)c1ccc(C2SCCCS2)cc1. The third-order valence-corrected chi connectivity index (χ3v) is 11.4. The first-order chi connectivity index (χ1) is 14.5. The topological polar surface area (TPSA) is 75.7 Å². The molecule has 0 unspecified atom stereocenters. The molecule has 0 bridgehead atoms. The summed E-state index contributed by atoms with van der Waals surface area (Å²) in [6.07, 6.45) is 1.25. The number of ether oxygens (including phenoxy) is 1. The number of thioether (sulfide) groups is 2. The van der Waals surface area contributed by atoms with E-state index in [1.54, 1.807) is 12.1 Å². The summed E-state index contributed by atoms with van der Waals surface area (Å²) < 4.78 is 32.9. The van der Waals surface area contributed by atoms with Crippen LogP contribution in [0.2, 0.25) is 0 Å². The Morgan fingerprint density at radius 1 is 1.07 bits per heavy atom. The molecule has 0 spiro atoms. The molecule has 1 N–H and O–H groups in total. The van der Waals surface area contributed by atoms with E-state index in [9.17, 15) is 13.2 Å². The van der Waals surface area contributed by atoms with Crippen molar-refractivity contribution in [2.45, 2.75) is 21.8 Å². The minimum atomic E-state index is -3.49. The summed E-state index contributed by atoms with van der Waals surface area (Å²) in [5.74, 6) is 2.21. The molecule has 1 aromatic carbocycles. The van der Waals surface area contributed by atoms with Crippen molar-refractivity contribution in [3.63, 3.8) is 0 Å². The van der Waals surface area contributed by atoms with E-state index in [1.165, 1.54) is 39.1 Å². The van der Waals surface area contributed by atoms with E-state index in [0.29, 0.717) is 47.2 Å². The smallest absolute Gasteiger partial charge is 0.252 e. The summed E-state index contributed by atoms with van der Waals surface area (Å²) in [4.78, 5) is 13.3. The molecule has 2 aromatic rings. The maximum absolute atomic E-state index is 12.7. The number of nitrogens with zero attached hydrogens (tertiary/aromatic N) is 1.